The summed E-state index contributed by atoms with van der Waals surface area (Å²) in [4.78, 5) is 19.4. The first-order chi connectivity index (χ1) is 15.6. The molecule has 0 amide bonds. The van der Waals surface area contributed by atoms with Gasteiger partial charge in [-0.2, -0.15) is 0 Å². The summed E-state index contributed by atoms with van der Waals surface area (Å²) in [6, 6.07) is 30.4. The zero-order valence-corrected chi connectivity index (χ0v) is 26.8. The average molecular weight is 575 g/mol. The number of nitrogens with zero attached hydrogens (tertiary/aromatic N) is 2. The quantitative estimate of drug-likeness (QED) is 0.0858. The second-order valence-corrected chi connectivity index (χ2v) is 6.52. The Morgan fingerprint density at radius 2 is 1.26 bits per heavy atom. The van der Waals surface area contributed by atoms with Crippen LogP contribution in [0.4, 0.5) is 0 Å². The minimum absolute atomic E-state index is 0. The molecule has 11 heteroatoms. The molecule has 2 aromatic carbocycles. The number of carbonyl (C=O) groups excluding carboxylic acids is 1. The van der Waals surface area contributed by atoms with Crippen molar-refractivity contribution < 1.29 is 129 Å². The summed E-state index contributed by atoms with van der Waals surface area (Å²) in [7, 11) is -1.34. The van der Waals surface area contributed by atoms with Gasteiger partial charge in [0.05, 0.1) is 5.69 Å². The molecular weight excluding hydrogens is 553 g/mol. The third-order valence-corrected chi connectivity index (χ3v) is 3.97. The Bertz CT molecular complexity index is 947. The number of benzene rings is 2. The number of pyridine rings is 2. The van der Waals surface area contributed by atoms with E-state index in [1.165, 1.54) is 0 Å². The minimum atomic E-state index is -1.34. The topological polar surface area (TPSA) is 116 Å². The number of carbonyl (C=O) groups is 1. The fraction of sp³-hybridized carbons (Fsp3) is 0. The van der Waals surface area contributed by atoms with Gasteiger partial charge in [0.15, 0.2) is 0 Å². The van der Waals surface area contributed by atoms with Crippen molar-refractivity contribution >= 4 is 35.0 Å². The van der Waals surface area contributed by atoms with Gasteiger partial charge in [0.1, 0.15) is 4.60 Å². The third-order valence-electron chi connectivity index (χ3n) is 3.50. The monoisotopic (exact) mass is 574 g/mol. The first-order valence-electron chi connectivity index (χ1n) is 9.24. The van der Waals surface area contributed by atoms with Crippen LogP contribution in [0.3, 0.4) is 0 Å². The summed E-state index contributed by atoms with van der Waals surface area (Å²) in [5.74, 6) is 0. The Balaban J connectivity index is -0.000000403. The molecule has 0 unspecified atom stereocenters. The van der Waals surface area contributed by atoms with Gasteiger partial charge in [0.2, 0.25) is 0 Å². The first kappa shape index (κ1) is 36.1. The number of aromatic nitrogens is 2. The van der Waals surface area contributed by atoms with Crippen LogP contribution >= 0.6 is 15.9 Å². The van der Waals surface area contributed by atoms with E-state index < -0.39 is 7.12 Å². The summed E-state index contributed by atoms with van der Waals surface area (Å²) < 4.78 is 0.884. The Kier molecular flexibility index (Phi) is 26.1. The third kappa shape index (κ3) is 18.2. The second kappa shape index (κ2) is 24.6. The molecule has 0 saturated heterocycles. The number of halogens is 1. The SMILES string of the molecule is Brc1ccccn1.O=CO[O-].OB(O)c1ccccc1.[H-].[K+].[K+].c1ccc(-c2ccccn2)cc1. The molecule has 0 radical (unpaired) electrons. The van der Waals surface area contributed by atoms with Crippen molar-refractivity contribution in [2.24, 2.45) is 0 Å². The molecule has 7 nitrogen and oxygen atoms in total. The van der Waals surface area contributed by atoms with Crippen LogP contribution in [0.15, 0.2) is 114 Å². The van der Waals surface area contributed by atoms with E-state index in [9.17, 15) is 0 Å². The molecular formula is C23H22BBrK2N2O5. The van der Waals surface area contributed by atoms with E-state index in [-0.39, 0.29) is 111 Å². The van der Waals surface area contributed by atoms with E-state index >= 15 is 0 Å². The van der Waals surface area contributed by atoms with Gasteiger partial charge in [-0.1, -0.05) is 72.8 Å². The van der Waals surface area contributed by atoms with Crippen LogP contribution in [-0.2, 0) is 9.68 Å². The number of rotatable bonds is 3. The zero-order valence-electron chi connectivity index (χ0n) is 19.9. The van der Waals surface area contributed by atoms with Gasteiger partial charge in [0.25, 0.3) is 6.47 Å². The van der Waals surface area contributed by atoms with Crippen LogP contribution in [-0.4, -0.2) is 33.6 Å². The molecule has 0 saturated carbocycles. The van der Waals surface area contributed by atoms with Crippen molar-refractivity contribution in [3.8, 4) is 11.3 Å². The van der Waals surface area contributed by atoms with E-state index in [4.69, 9.17) is 20.1 Å². The second-order valence-electron chi connectivity index (χ2n) is 5.71. The summed E-state index contributed by atoms with van der Waals surface area (Å²) in [6.07, 6.45) is 3.55. The molecule has 166 valence electrons. The largest absolute Gasteiger partial charge is 1.00 e. The fourth-order valence-electron chi connectivity index (χ4n) is 2.11. The summed E-state index contributed by atoms with van der Waals surface area (Å²) in [5, 5.41) is 25.6. The van der Waals surface area contributed by atoms with E-state index in [0.717, 1.165) is 15.9 Å². The van der Waals surface area contributed by atoms with Crippen molar-refractivity contribution in [3.63, 3.8) is 0 Å². The van der Waals surface area contributed by atoms with Crippen molar-refractivity contribution in [2.45, 2.75) is 0 Å². The van der Waals surface area contributed by atoms with Crippen molar-refractivity contribution in [1.82, 2.24) is 9.97 Å². The summed E-state index contributed by atoms with van der Waals surface area (Å²) in [5.41, 5.74) is 2.72. The Labute approximate surface area is 294 Å². The average Bonchev–Trinajstić information content (AvgIpc) is 2.87. The van der Waals surface area contributed by atoms with E-state index in [1.54, 1.807) is 30.5 Å². The number of hydrogen-bond donors (Lipinski definition) is 2. The molecule has 0 fully saturated rings. The maximum atomic E-state index is 8.64. The molecule has 0 spiro atoms. The predicted molar refractivity (Wildman–Crippen MR) is 126 cm³/mol. The smallest absolute Gasteiger partial charge is 1.00 e. The van der Waals surface area contributed by atoms with Crippen LogP contribution in [0.5, 0.6) is 0 Å². The maximum Gasteiger partial charge on any atom is 1.00 e. The Morgan fingerprint density at radius 1 is 0.794 bits per heavy atom. The van der Waals surface area contributed by atoms with E-state index in [1.807, 2.05) is 66.9 Å². The van der Waals surface area contributed by atoms with Crippen molar-refractivity contribution in [2.75, 3.05) is 0 Å². The maximum absolute atomic E-state index is 8.64. The van der Waals surface area contributed by atoms with Crippen LogP contribution in [0.1, 0.15) is 1.43 Å². The molecule has 4 rings (SSSR count). The van der Waals surface area contributed by atoms with Gasteiger partial charge >= 0.3 is 110 Å². The molecule has 2 heterocycles. The first-order valence-corrected chi connectivity index (χ1v) is 10.0. The zero-order chi connectivity index (χ0) is 23.4. The number of hydrogen-bond acceptors (Lipinski definition) is 7. The van der Waals surface area contributed by atoms with Gasteiger partial charge in [-0.25, -0.2) is 4.98 Å². The molecule has 0 aliphatic heterocycles. The summed E-state index contributed by atoms with van der Waals surface area (Å²) >= 11 is 3.20. The van der Waals surface area contributed by atoms with Gasteiger partial charge in [0, 0.05) is 18.0 Å². The van der Waals surface area contributed by atoms with Gasteiger partial charge in [-0.05, 0) is 45.7 Å². The summed E-state index contributed by atoms with van der Waals surface area (Å²) in [6.45, 7) is -0.181. The van der Waals surface area contributed by atoms with E-state index in [0.29, 0.717) is 5.46 Å². The standard InChI is InChI=1S/C11H9N.C6H7BO2.C5H4BrN.CH2O3.2K.H/c1-2-6-10(7-3-1)11-8-4-5-9-12-11;8-7(9)6-4-2-1-3-5-6;6-5-3-1-2-4-7-5;2-1-4-3;;;/h1-9H;1-5,8-9H;1-4H;1,3H;;;/q;;;;2*+1;-1/p-1. The van der Waals surface area contributed by atoms with Crippen LogP contribution < -0.4 is 113 Å². The molecule has 2 N–H and O–H groups in total. The fourth-order valence-corrected chi connectivity index (χ4v) is 2.38. The van der Waals surface area contributed by atoms with Gasteiger partial charge in [-0.3, -0.25) is 9.78 Å². The molecule has 34 heavy (non-hydrogen) atoms. The van der Waals surface area contributed by atoms with Crippen LogP contribution in [0.25, 0.3) is 11.3 Å². The minimum Gasteiger partial charge on any atom is -1.00 e. The van der Waals surface area contributed by atoms with Crippen LogP contribution in [0.2, 0.25) is 0 Å². The van der Waals surface area contributed by atoms with Crippen molar-refractivity contribution in [1.29, 1.82) is 0 Å². The molecule has 0 bridgehead atoms. The molecule has 4 aromatic rings. The Morgan fingerprint density at radius 3 is 1.59 bits per heavy atom. The molecule has 0 aliphatic carbocycles. The van der Waals surface area contributed by atoms with Crippen molar-refractivity contribution in [3.05, 3.63) is 114 Å². The molecule has 0 atom stereocenters. The molecule has 2 aromatic heterocycles. The van der Waals surface area contributed by atoms with E-state index in [2.05, 4.69) is 42.9 Å². The Hall–Kier alpha value is -0.0923. The predicted octanol–water partition coefficient (Wildman–Crippen LogP) is -3.49. The van der Waals surface area contributed by atoms with Gasteiger partial charge in [-0.15, -0.1) is 0 Å². The molecule has 0 aliphatic rings. The normalized spacial score (nSPS) is 8.24. The van der Waals surface area contributed by atoms with Crippen LogP contribution in [0, 0.1) is 0 Å². The van der Waals surface area contributed by atoms with Gasteiger partial charge < -0.3 is 21.6 Å².